The topological polar surface area (TPSA) is 45.0 Å². The van der Waals surface area contributed by atoms with Gasteiger partial charge in [-0.2, -0.15) is 0 Å². The molecule has 0 saturated heterocycles. The molecule has 0 atom stereocenters. The van der Waals surface area contributed by atoms with Crippen LogP contribution in [-0.2, 0) is 6.54 Å². The molecule has 0 aliphatic heterocycles. The van der Waals surface area contributed by atoms with Crippen molar-refractivity contribution < 1.29 is 0 Å². The average molecular weight is 273 g/mol. The molecule has 0 aliphatic rings. The van der Waals surface area contributed by atoms with Crippen LogP contribution in [0.1, 0.15) is 22.4 Å². The van der Waals surface area contributed by atoms with Crippen molar-refractivity contribution in [1.82, 2.24) is 9.88 Å². The summed E-state index contributed by atoms with van der Waals surface area (Å²) < 4.78 is 0. The SMILES string of the molecule is CN.Cc1cc(C)c(-c2ccc(CN(C)C)[nH]2)c(C)c1. The molecule has 20 heavy (non-hydrogen) atoms. The molecule has 0 radical (unpaired) electrons. The standard InChI is InChI=1S/C16H22N2.CH5N/c1-11-8-12(2)16(13(3)9-11)15-7-6-14(17-15)10-18(4)5;1-2/h6-9,17H,10H2,1-5H3;2H2,1H3. The quantitative estimate of drug-likeness (QED) is 0.901. The van der Waals surface area contributed by atoms with Crippen molar-refractivity contribution in [3.8, 4) is 11.3 Å². The third-order valence-corrected chi connectivity index (χ3v) is 3.18. The Hall–Kier alpha value is -1.58. The highest BCUT2D eigenvalue weighted by molar-refractivity contribution is 5.68. The molecule has 0 spiro atoms. The number of nitrogens with two attached hydrogens (primary N) is 1. The predicted molar refractivity (Wildman–Crippen MR) is 87.9 cm³/mol. The summed E-state index contributed by atoms with van der Waals surface area (Å²) in [5, 5.41) is 0. The molecule has 1 heterocycles. The van der Waals surface area contributed by atoms with E-state index >= 15 is 0 Å². The van der Waals surface area contributed by atoms with Crippen molar-refractivity contribution in [1.29, 1.82) is 0 Å². The van der Waals surface area contributed by atoms with Gasteiger partial charge in [0.15, 0.2) is 0 Å². The maximum Gasteiger partial charge on any atom is 0.0461 e. The fourth-order valence-electron chi connectivity index (χ4n) is 2.62. The van der Waals surface area contributed by atoms with Gasteiger partial charge in [0.05, 0.1) is 0 Å². The van der Waals surface area contributed by atoms with Gasteiger partial charge in [0.25, 0.3) is 0 Å². The Morgan fingerprint density at radius 1 is 1.00 bits per heavy atom. The van der Waals surface area contributed by atoms with Crippen LogP contribution in [0.5, 0.6) is 0 Å². The highest BCUT2D eigenvalue weighted by Gasteiger charge is 2.09. The molecule has 1 aromatic heterocycles. The van der Waals surface area contributed by atoms with E-state index in [-0.39, 0.29) is 0 Å². The van der Waals surface area contributed by atoms with Gasteiger partial charge >= 0.3 is 0 Å². The molecule has 0 fully saturated rings. The van der Waals surface area contributed by atoms with Gasteiger partial charge in [0, 0.05) is 23.5 Å². The molecule has 0 bridgehead atoms. The highest BCUT2D eigenvalue weighted by atomic mass is 15.1. The van der Waals surface area contributed by atoms with Crippen LogP contribution < -0.4 is 5.73 Å². The number of hydrogen-bond donors (Lipinski definition) is 2. The molecule has 1 aromatic carbocycles. The van der Waals surface area contributed by atoms with E-state index in [4.69, 9.17) is 0 Å². The molecular weight excluding hydrogens is 246 g/mol. The molecule has 110 valence electrons. The molecule has 0 amide bonds. The lowest BCUT2D eigenvalue weighted by Gasteiger charge is -2.10. The Morgan fingerprint density at radius 3 is 2.05 bits per heavy atom. The zero-order chi connectivity index (χ0) is 15.3. The number of aromatic amines is 1. The van der Waals surface area contributed by atoms with Crippen LogP contribution in [0, 0.1) is 20.8 Å². The first-order valence-electron chi connectivity index (χ1n) is 6.96. The third kappa shape index (κ3) is 3.95. The summed E-state index contributed by atoms with van der Waals surface area (Å²) in [6, 6.07) is 8.85. The molecule has 2 rings (SSSR count). The van der Waals surface area contributed by atoms with Crippen LogP contribution in [0.25, 0.3) is 11.3 Å². The molecule has 3 N–H and O–H groups in total. The number of nitrogens with one attached hydrogen (secondary N) is 1. The Kier molecular flexibility index (Phi) is 5.99. The van der Waals surface area contributed by atoms with Crippen molar-refractivity contribution in [3.05, 3.63) is 46.6 Å². The lowest BCUT2D eigenvalue weighted by molar-refractivity contribution is 0.398. The van der Waals surface area contributed by atoms with Gasteiger partial charge in [-0.25, -0.2) is 0 Å². The minimum absolute atomic E-state index is 0.948. The summed E-state index contributed by atoms with van der Waals surface area (Å²) >= 11 is 0. The van der Waals surface area contributed by atoms with Gasteiger partial charge in [0.1, 0.15) is 0 Å². The highest BCUT2D eigenvalue weighted by Crippen LogP contribution is 2.27. The Labute approximate surface area is 122 Å². The van der Waals surface area contributed by atoms with Gasteiger partial charge in [0.2, 0.25) is 0 Å². The summed E-state index contributed by atoms with van der Waals surface area (Å²) in [5.41, 5.74) is 12.3. The van der Waals surface area contributed by atoms with E-state index in [1.165, 1.54) is 40.7 Å². The van der Waals surface area contributed by atoms with Crippen molar-refractivity contribution in [2.75, 3.05) is 21.1 Å². The number of hydrogen-bond acceptors (Lipinski definition) is 2. The number of H-pyrrole nitrogens is 1. The first kappa shape index (κ1) is 16.5. The van der Waals surface area contributed by atoms with Crippen molar-refractivity contribution >= 4 is 0 Å². The van der Waals surface area contributed by atoms with Gasteiger partial charge in [-0.05, 0) is 65.2 Å². The second-order valence-corrected chi connectivity index (χ2v) is 5.41. The monoisotopic (exact) mass is 273 g/mol. The Morgan fingerprint density at radius 2 is 1.55 bits per heavy atom. The van der Waals surface area contributed by atoms with Gasteiger partial charge < -0.3 is 15.6 Å². The second kappa shape index (κ2) is 7.27. The van der Waals surface area contributed by atoms with E-state index in [0.29, 0.717) is 0 Å². The fourth-order valence-corrected chi connectivity index (χ4v) is 2.62. The zero-order valence-electron chi connectivity index (χ0n) is 13.5. The molecular formula is C17H27N3. The smallest absolute Gasteiger partial charge is 0.0461 e. The van der Waals surface area contributed by atoms with E-state index in [1.807, 2.05) is 0 Å². The van der Waals surface area contributed by atoms with E-state index < -0.39 is 0 Å². The lowest BCUT2D eigenvalue weighted by Crippen LogP contribution is -2.10. The van der Waals surface area contributed by atoms with Crippen LogP contribution >= 0.6 is 0 Å². The number of aromatic nitrogens is 1. The Balaban J connectivity index is 0.000000956. The van der Waals surface area contributed by atoms with Crippen molar-refractivity contribution in [3.63, 3.8) is 0 Å². The van der Waals surface area contributed by atoms with Crippen LogP contribution in [0.2, 0.25) is 0 Å². The number of aryl methyl sites for hydroxylation is 3. The van der Waals surface area contributed by atoms with E-state index in [1.54, 1.807) is 0 Å². The molecule has 3 nitrogen and oxygen atoms in total. The van der Waals surface area contributed by atoms with E-state index in [9.17, 15) is 0 Å². The number of nitrogens with zero attached hydrogens (tertiary/aromatic N) is 1. The Bertz CT molecular complexity index is 530. The average Bonchev–Trinajstić information content (AvgIpc) is 2.77. The van der Waals surface area contributed by atoms with Crippen molar-refractivity contribution in [2.45, 2.75) is 27.3 Å². The predicted octanol–water partition coefficient (Wildman–Crippen LogP) is 3.24. The second-order valence-electron chi connectivity index (χ2n) is 5.41. The van der Waals surface area contributed by atoms with E-state index in [2.05, 4.69) is 74.7 Å². The maximum absolute atomic E-state index is 4.50. The fraction of sp³-hybridized carbons (Fsp3) is 0.412. The van der Waals surface area contributed by atoms with Gasteiger partial charge in [-0.1, -0.05) is 17.7 Å². The van der Waals surface area contributed by atoms with Crippen molar-refractivity contribution in [2.24, 2.45) is 5.73 Å². The molecule has 0 aliphatic carbocycles. The summed E-state index contributed by atoms with van der Waals surface area (Å²) in [6.45, 7) is 7.46. The molecule has 0 saturated carbocycles. The molecule has 2 aromatic rings. The number of benzene rings is 1. The summed E-state index contributed by atoms with van der Waals surface area (Å²) in [7, 11) is 5.67. The normalized spacial score (nSPS) is 10.4. The largest absolute Gasteiger partial charge is 0.357 e. The third-order valence-electron chi connectivity index (χ3n) is 3.18. The molecule has 0 unspecified atom stereocenters. The minimum Gasteiger partial charge on any atom is -0.357 e. The first-order valence-corrected chi connectivity index (χ1v) is 6.96. The summed E-state index contributed by atoms with van der Waals surface area (Å²) in [6.07, 6.45) is 0. The van der Waals surface area contributed by atoms with Crippen LogP contribution in [0.4, 0.5) is 0 Å². The summed E-state index contributed by atoms with van der Waals surface area (Å²) in [5.74, 6) is 0. The van der Waals surface area contributed by atoms with E-state index in [0.717, 1.165) is 6.54 Å². The first-order chi connectivity index (χ1) is 9.47. The van der Waals surface area contributed by atoms with Crippen LogP contribution in [-0.4, -0.2) is 31.0 Å². The zero-order valence-corrected chi connectivity index (χ0v) is 13.5. The number of rotatable bonds is 3. The minimum atomic E-state index is 0.948. The van der Waals surface area contributed by atoms with Gasteiger partial charge in [-0.15, -0.1) is 0 Å². The maximum atomic E-state index is 4.50. The van der Waals surface area contributed by atoms with Gasteiger partial charge in [-0.3, -0.25) is 0 Å². The lowest BCUT2D eigenvalue weighted by atomic mass is 9.98. The van der Waals surface area contributed by atoms with Crippen LogP contribution in [0.3, 0.4) is 0 Å². The van der Waals surface area contributed by atoms with Crippen LogP contribution in [0.15, 0.2) is 24.3 Å². The summed E-state index contributed by atoms with van der Waals surface area (Å²) in [4.78, 5) is 5.69. The molecule has 3 heteroatoms.